The lowest BCUT2D eigenvalue weighted by Gasteiger charge is -2.39. The van der Waals surface area contributed by atoms with Gasteiger partial charge in [-0.25, -0.2) is 0 Å². The first-order valence-corrected chi connectivity index (χ1v) is 6.77. The maximum Gasteiger partial charge on any atom is 0.293 e. The van der Waals surface area contributed by atoms with Crippen molar-refractivity contribution in [2.45, 2.75) is 33.6 Å². The van der Waals surface area contributed by atoms with E-state index in [9.17, 15) is 20.2 Å². The van der Waals surface area contributed by atoms with Crippen molar-refractivity contribution in [3.8, 4) is 6.07 Å². The van der Waals surface area contributed by atoms with E-state index in [-0.39, 0.29) is 11.4 Å². The number of aryl methyl sites for hydroxylation is 2. The minimum Gasteiger partial charge on any atom is -0.319 e. The SMILES string of the molecule is Cc1cc(NC(=O)C2(C#N)CC(C)C2)c([N+](=O)[O-])cc1C. The summed E-state index contributed by atoms with van der Waals surface area (Å²) < 4.78 is 0. The van der Waals surface area contributed by atoms with E-state index in [1.807, 2.05) is 13.8 Å². The number of carbonyl (C=O) groups is 1. The van der Waals surface area contributed by atoms with Gasteiger partial charge in [-0.05, 0) is 49.8 Å². The van der Waals surface area contributed by atoms with Gasteiger partial charge in [0.25, 0.3) is 5.69 Å². The smallest absolute Gasteiger partial charge is 0.293 e. The monoisotopic (exact) mass is 287 g/mol. The molecule has 0 aromatic heterocycles. The van der Waals surface area contributed by atoms with Crippen LogP contribution in [0, 0.1) is 46.6 Å². The second kappa shape index (κ2) is 5.17. The molecule has 0 atom stereocenters. The average Bonchev–Trinajstić information content (AvgIpc) is 2.38. The molecule has 1 fully saturated rings. The summed E-state index contributed by atoms with van der Waals surface area (Å²) in [6.45, 7) is 5.57. The lowest BCUT2D eigenvalue weighted by molar-refractivity contribution is -0.384. The van der Waals surface area contributed by atoms with Gasteiger partial charge in [0.1, 0.15) is 11.1 Å². The number of nitrogens with zero attached hydrogens (tertiary/aromatic N) is 2. The molecule has 110 valence electrons. The van der Waals surface area contributed by atoms with Crippen molar-refractivity contribution < 1.29 is 9.72 Å². The van der Waals surface area contributed by atoms with E-state index in [0.29, 0.717) is 18.8 Å². The Balaban J connectivity index is 2.32. The predicted octanol–water partition coefficient (Wildman–Crippen LogP) is 3.09. The van der Waals surface area contributed by atoms with E-state index in [0.717, 1.165) is 11.1 Å². The van der Waals surface area contributed by atoms with Crippen molar-refractivity contribution in [3.05, 3.63) is 33.4 Å². The first kappa shape index (κ1) is 15.0. The molecular formula is C15H17N3O3. The summed E-state index contributed by atoms with van der Waals surface area (Å²) in [7, 11) is 0. The molecule has 0 bridgehead atoms. The largest absolute Gasteiger partial charge is 0.319 e. The standard InChI is InChI=1S/C15H17N3O3/c1-9-6-15(7-9,8-16)14(19)17-12-4-10(2)11(3)5-13(12)18(20)21/h4-5,9H,6-7H2,1-3H3,(H,17,19). The molecule has 0 aliphatic heterocycles. The van der Waals surface area contributed by atoms with Crippen LogP contribution in [0.4, 0.5) is 11.4 Å². The van der Waals surface area contributed by atoms with Gasteiger partial charge in [0.05, 0.1) is 11.0 Å². The summed E-state index contributed by atoms with van der Waals surface area (Å²) in [6.07, 6.45) is 0.988. The van der Waals surface area contributed by atoms with Gasteiger partial charge in [0, 0.05) is 6.07 Å². The Labute approximate surface area is 122 Å². The van der Waals surface area contributed by atoms with Gasteiger partial charge in [0.15, 0.2) is 0 Å². The Morgan fingerprint density at radius 3 is 2.48 bits per heavy atom. The minimum atomic E-state index is -1.05. The molecule has 0 heterocycles. The van der Waals surface area contributed by atoms with Crippen LogP contribution >= 0.6 is 0 Å². The molecule has 1 aromatic rings. The summed E-state index contributed by atoms with van der Waals surface area (Å²) in [5.74, 6) is -0.125. The minimum absolute atomic E-state index is 0.146. The van der Waals surface area contributed by atoms with Crippen LogP contribution in [0.3, 0.4) is 0 Å². The zero-order valence-corrected chi connectivity index (χ0v) is 12.3. The number of carbonyl (C=O) groups excluding carboxylic acids is 1. The topological polar surface area (TPSA) is 96.0 Å². The number of nitrogens with one attached hydrogen (secondary N) is 1. The highest BCUT2D eigenvalue weighted by molar-refractivity contribution is 5.99. The van der Waals surface area contributed by atoms with E-state index < -0.39 is 16.2 Å². The molecule has 1 aliphatic carbocycles. The number of benzene rings is 1. The number of hydrogen-bond donors (Lipinski definition) is 1. The van der Waals surface area contributed by atoms with Crippen molar-refractivity contribution in [2.24, 2.45) is 11.3 Å². The van der Waals surface area contributed by atoms with Crippen LogP contribution in [0.25, 0.3) is 0 Å². The third-order valence-corrected chi connectivity index (χ3v) is 4.10. The van der Waals surface area contributed by atoms with Gasteiger partial charge < -0.3 is 5.32 Å². The predicted molar refractivity (Wildman–Crippen MR) is 77.6 cm³/mol. The van der Waals surface area contributed by atoms with Crippen molar-refractivity contribution in [1.82, 2.24) is 0 Å². The number of nitro benzene ring substituents is 1. The third-order valence-electron chi connectivity index (χ3n) is 4.10. The van der Waals surface area contributed by atoms with Gasteiger partial charge >= 0.3 is 0 Å². The highest BCUT2D eigenvalue weighted by Crippen LogP contribution is 2.46. The van der Waals surface area contributed by atoms with E-state index in [4.69, 9.17) is 0 Å². The fraction of sp³-hybridized carbons (Fsp3) is 0.467. The summed E-state index contributed by atoms with van der Waals surface area (Å²) in [5, 5.41) is 22.9. The van der Waals surface area contributed by atoms with Gasteiger partial charge in [-0.2, -0.15) is 5.26 Å². The molecule has 0 spiro atoms. The Morgan fingerprint density at radius 2 is 2.00 bits per heavy atom. The first-order chi connectivity index (χ1) is 9.79. The molecule has 0 saturated heterocycles. The lowest BCUT2D eigenvalue weighted by atomic mass is 9.63. The van der Waals surface area contributed by atoms with Crippen molar-refractivity contribution in [1.29, 1.82) is 5.26 Å². The lowest BCUT2D eigenvalue weighted by Crippen LogP contribution is -2.45. The quantitative estimate of drug-likeness (QED) is 0.682. The molecule has 2 rings (SSSR count). The van der Waals surface area contributed by atoms with Crippen molar-refractivity contribution in [2.75, 3.05) is 5.32 Å². The third kappa shape index (κ3) is 2.59. The highest BCUT2D eigenvalue weighted by atomic mass is 16.6. The van der Waals surface area contributed by atoms with Crippen LogP contribution in [0.2, 0.25) is 0 Å². The van der Waals surface area contributed by atoms with Gasteiger partial charge in [-0.1, -0.05) is 6.92 Å². The molecule has 1 amide bonds. The maximum atomic E-state index is 12.3. The highest BCUT2D eigenvalue weighted by Gasteiger charge is 2.49. The maximum absolute atomic E-state index is 12.3. The van der Waals surface area contributed by atoms with Crippen LogP contribution < -0.4 is 5.32 Å². The van der Waals surface area contributed by atoms with Gasteiger partial charge in [0.2, 0.25) is 5.91 Å². The number of amides is 1. The van der Waals surface area contributed by atoms with Crippen LogP contribution in [-0.4, -0.2) is 10.8 Å². The van der Waals surface area contributed by atoms with Crippen molar-refractivity contribution in [3.63, 3.8) is 0 Å². The Hall–Kier alpha value is -2.42. The number of rotatable bonds is 3. The molecule has 6 heteroatoms. The number of hydrogen-bond acceptors (Lipinski definition) is 4. The number of nitro groups is 1. The van der Waals surface area contributed by atoms with E-state index in [2.05, 4.69) is 11.4 Å². The summed E-state index contributed by atoms with van der Waals surface area (Å²) in [6, 6.07) is 5.08. The zero-order chi connectivity index (χ0) is 15.8. The van der Waals surface area contributed by atoms with Gasteiger partial charge in [-0.15, -0.1) is 0 Å². The molecule has 0 radical (unpaired) electrons. The molecule has 21 heavy (non-hydrogen) atoms. The molecule has 1 aliphatic rings. The summed E-state index contributed by atoms with van der Waals surface area (Å²) >= 11 is 0. The molecule has 1 N–H and O–H groups in total. The normalized spacial score (nSPS) is 23.8. The second-order valence-corrected chi connectivity index (χ2v) is 5.87. The van der Waals surface area contributed by atoms with Crippen LogP contribution in [-0.2, 0) is 4.79 Å². The molecule has 1 aromatic carbocycles. The Morgan fingerprint density at radius 1 is 1.43 bits per heavy atom. The number of anilines is 1. The summed E-state index contributed by atoms with van der Waals surface area (Å²) in [5.41, 5.74) is 0.594. The molecule has 1 saturated carbocycles. The Kier molecular flexibility index (Phi) is 3.69. The summed E-state index contributed by atoms with van der Waals surface area (Å²) in [4.78, 5) is 22.9. The molecule has 6 nitrogen and oxygen atoms in total. The molecule has 0 unspecified atom stereocenters. The van der Waals surface area contributed by atoms with E-state index in [1.165, 1.54) is 6.07 Å². The fourth-order valence-corrected chi connectivity index (χ4v) is 2.75. The fourth-order valence-electron chi connectivity index (χ4n) is 2.75. The number of nitriles is 1. The van der Waals surface area contributed by atoms with Crippen molar-refractivity contribution >= 4 is 17.3 Å². The van der Waals surface area contributed by atoms with Crippen LogP contribution in [0.1, 0.15) is 30.9 Å². The zero-order valence-electron chi connectivity index (χ0n) is 12.3. The van der Waals surface area contributed by atoms with E-state index >= 15 is 0 Å². The van der Waals surface area contributed by atoms with Gasteiger partial charge in [-0.3, -0.25) is 14.9 Å². The van der Waals surface area contributed by atoms with E-state index in [1.54, 1.807) is 13.0 Å². The van der Waals surface area contributed by atoms with Crippen LogP contribution in [0.15, 0.2) is 12.1 Å². The second-order valence-electron chi connectivity index (χ2n) is 5.87. The molecular weight excluding hydrogens is 270 g/mol. The first-order valence-electron chi connectivity index (χ1n) is 6.77. The average molecular weight is 287 g/mol. The Bertz CT molecular complexity index is 655. The van der Waals surface area contributed by atoms with Crippen LogP contribution in [0.5, 0.6) is 0 Å².